The number of furan rings is 1. The molecule has 1 aromatic heterocycles. The highest BCUT2D eigenvalue weighted by Crippen LogP contribution is 2.27. The Kier molecular flexibility index (Phi) is 3.44. The molecule has 0 saturated carbocycles. The lowest BCUT2D eigenvalue weighted by atomic mass is 10.1. The summed E-state index contributed by atoms with van der Waals surface area (Å²) in [6.45, 7) is 2.09. The smallest absolute Gasteiger partial charge is 0.134 e. The third kappa shape index (κ3) is 2.35. The molecule has 0 aliphatic heterocycles. The minimum Gasteiger partial charge on any atom is -0.461 e. The van der Waals surface area contributed by atoms with E-state index in [1.807, 2.05) is 12.1 Å². The highest BCUT2D eigenvalue weighted by molar-refractivity contribution is 9.09. The van der Waals surface area contributed by atoms with Gasteiger partial charge in [0.25, 0.3) is 0 Å². The van der Waals surface area contributed by atoms with Crippen LogP contribution in [0.25, 0.3) is 11.3 Å². The third-order valence-electron chi connectivity index (χ3n) is 2.47. The van der Waals surface area contributed by atoms with E-state index in [4.69, 9.17) is 4.42 Å². The number of hydrogen-bond acceptors (Lipinski definition) is 1. The Hall–Kier alpha value is -1.09. The van der Waals surface area contributed by atoms with E-state index >= 15 is 0 Å². The largest absolute Gasteiger partial charge is 0.461 e. The van der Waals surface area contributed by atoms with E-state index < -0.39 is 0 Å². The molecule has 1 aromatic carbocycles. The lowest BCUT2D eigenvalue weighted by Gasteiger charge is -2.02. The van der Waals surface area contributed by atoms with Crippen LogP contribution in [0, 0.1) is 5.82 Å². The fourth-order valence-corrected chi connectivity index (χ4v) is 1.78. The van der Waals surface area contributed by atoms with Gasteiger partial charge in [0.2, 0.25) is 0 Å². The maximum atomic E-state index is 12.8. The van der Waals surface area contributed by atoms with E-state index in [0.717, 1.165) is 22.4 Å². The predicted molar refractivity (Wildman–Crippen MR) is 66.3 cm³/mol. The first kappa shape index (κ1) is 11.4. The standard InChI is InChI=1S/C13H12BrFO/c1-9(8-14)12-6-7-13(16-12)10-2-4-11(15)5-3-10/h2-7,9H,8H2,1H3. The van der Waals surface area contributed by atoms with Crippen LogP contribution in [0.4, 0.5) is 4.39 Å². The molecule has 3 heteroatoms. The van der Waals surface area contributed by atoms with E-state index in [1.54, 1.807) is 12.1 Å². The van der Waals surface area contributed by atoms with Crippen molar-refractivity contribution in [3.8, 4) is 11.3 Å². The first-order valence-corrected chi connectivity index (χ1v) is 6.24. The maximum absolute atomic E-state index is 12.8. The van der Waals surface area contributed by atoms with Gasteiger partial charge in [-0.05, 0) is 36.4 Å². The summed E-state index contributed by atoms with van der Waals surface area (Å²) in [5.74, 6) is 1.83. The molecular weight excluding hydrogens is 271 g/mol. The average molecular weight is 283 g/mol. The summed E-state index contributed by atoms with van der Waals surface area (Å²) in [5.41, 5.74) is 0.898. The number of halogens is 2. The zero-order valence-corrected chi connectivity index (χ0v) is 10.5. The summed E-state index contributed by atoms with van der Waals surface area (Å²) < 4.78 is 18.5. The number of benzene rings is 1. The quantitative estimate of drug-likeness (QED) is 0.751. The minimum absolute atomic E-state index is 0.232. The predicted octanol–water partition coefficient (Wildman–Crippen LogP) is 4.58. The van der Waals surface area contributed by atoms with Gasteiger partial charge in [-0.2, -0.15) is 0 Å². The average Bonchev–Trinajstić information content (AvgIpc) is 2.78. The second-order valence-electron chi connectivity index (χ2n) is 3.76. The van der Waals surface area contributed by atoms with Crippen molar-refractivity contribution < 1.29 is 8.81 Å². The van der Waals surface area contributed by atoms with Crippen LogP contribution in [-0.4, -0.2) is 5.33 Å². The summed E-state index contributed by atoms with van der Waals surface area (Å²) in [6.07, 6.45) is 0. The fraction of sp³-hybridized carbons (Fsp3) is 0.231. The molecule has 1 heterocycles. The molecular formula is C13H12BrFO. The molecule has 1 atom stereocenters. The van der Waals surface area contributed by atoms with Gasteiger partial charge in [-0.25, -0.2) is 4.39 Å². The highest BCUT2D eigenvalue weighted by Gasteiger charge is 2.10. The van der Waals surface area contributed by atoms with Crippen molar-refractivity contribution >= 4 is 15.9 Å². The summed E-state index contributed by atoms with van der Waals surface area (Å²) in [6, 6.07) is 10.2. The van der Waals surface area contributed by atoms with E-state index in [9.17, 15) is 4.39 Å². The Bertz CT molecular complexity index is 461. The minimum atomic E-state index is -0.232. The molecule has 2 rings (SSSR count). The molecule has 0 bridgehead atoms. The molecule has 1 nitrogen and oxygen atoms in total. The molecule has 0 N–H and O–H groups in total. The van der Waals surface area contributed by atoms with E-state index in [2.05, 4.69) is 22.9 Å². The molecule has 0 amide bonds. The van der Waals surface area contributed by atoms with Crippen molar-refractivity contribution in [1.82, 2.24) is 0 Å². The molecule has 0 spiro atoms. The molecule has 84 valence electrons. The van der Waals surface area contributed by atoms with Crippen LogP contribution >= 0.6 is 15.9 Å². The molecule has 0 aliphatic rings. The van der Waals surface area contributed by atoms with Crippen molar-refractivity contribution in [2.75, 3.05) is 5.33 Å². The monoisotopic (exact) mass is 282 g/mol. The molecule has 1 unspecified atom stereocenters. The normalized spacial score (nSPS) is 12.7. The van der Waals surface area contributed by atoms with Gasteiger partial charge in [-0.1, -0.05) is 22.9 Å². The van der Waals surface area contributed by atoms with Crippen molar-refractivity contribution in [1.29, 1.82) is 0 Å². The second kappa shape index (κ2) is 4.83. The van der Waals surface area contributed by atoms with Gasteiger partial charge in [0.1, 0.15) is 17.3 Å². The van der Waals surface area contributed by atoms with Crippen LogP contribution in [0.3, 0.4) is 0 Å². The van der Waals surface area contributed by atoms with Crippen molar-refractivity contribution in [2.24, 2.45) is 0 Å². The lowest BCUT2D eigenvalue weighted by Crippen LogP contribution is -1.90. The molecule has 0 fully saturated rings. The van der Waals surface area contributed by atoms with Crippen LogP contribution < -0.4 is 0 Å². The van der Waals surface area contributed by atoms with Crippen LogP contribution in [0.5, 0.6) is 0 Å². The summed E-state index contributed by atoms with van der Waals surface area (Å²) >= 11 is 3.42. The lowest BCUT2D eigenvalue weighted by molar-refractivity contribution is 0.501. The Balaban J connectivity index is 2.28. The van der Waals surface area contributed by atoms with Gasteiger partial charge in [-0.3, -0.25) is 0 Å². The van der Waals surface area contributed by atoms with Gasteiger partial charge in [0.05, 0.1) is 0 Å². The summed E-state index contributed by atoms with van der Waals surface area (Å²) in [7, 11) is 0. The Morgan fingerprint density at radius 2 is 1.88 bits per heavy atom. The van der Waals surface area contributed by atoms with Crippen LogP contribution in [0.2, 0.25) is 0 Å². The van der Waals surface area contributed by atoms with Crippen LogP contribution in [-0.2, 0) is 0 Å². The molecule has 16 heavy (non-hydrogen) atoms. The number of rotatable bonds is 3. The topological polar surface area (TPSA) is 13.1 Å². The number of hydrogen-bond donors (Lipinski definition) is 0. The van der Waals surface area contributed by atoms with Gasteiger partial charge >= 0.3 is 0 Å². The Morgan fingerprint density at radius 3 is 2.50 bits per heavy atom. The third-order valence-corrected chi connectivity index (χ3v) is 3.44. The SMILES string of the molecule is CC(CBr)c1ccc(-c2ccc(F)cc2)o1. The molecule has 0 radical (unpaired) electrons. The Morgan fingerprint density at radius 1 is 1.19 bits per heavy atom. The van der Waals surface area contributed by atoms with Crippen LogP contribution in [0.15, 0.2) is 40.8 Å². The molecule has 0 saturated heterocycles. The zero-order valence-electron chi connectivity index (χ0n) is 8.91. The zero-order chi connectivity index (χ0) is 11.5. The summed E-state index contributed by atoms with van der Waals surface area (Å²) in [4.78, 5) is 0. The van der Waals surface area contributed by atoms with Gasteiger partial charge in [0.15, 0.2) is 0 Å². The highest BCUT2D eigenvalue weighted by atomic mass is 79.9. The van der Waals surface area contributed by atoms with Gasteiger partial charge < -0.3 is 4.42 Å². The second-order valence-corrected chi connectivity index (χ2v) is 4.41. The van der Waals surface area contributed by atoms with Crippen molar-refractivity contribution in [2.45, 2.75) is 12.8 Å². The fourth-order valence-electron chi connectivity index (χ4n) is 1.46. The molecule has 0 aliphatic carbocycles. The summed E-state index contributed by atoms with van der Waals surface area (Å²) in [5, 5.41) is 0.864. The molecule has 2 aromatic rings. The first-order chi connectivity index (χ1) is 7.70. The van der Waals surface area contributed by atoms with Crippen molar-refractivity contribution in [3.63, 3.8) is 0 Å². The van der Waals surface area contributed by atoms with E-state index in [0.29, 0.717) is 5.92 Å². The van der Waals surface area contributed by atoms with E-state index in [-0.39, 0.29) is 5.82 Å². The van der Waals surface area contributed by atoms with E-state index in [1.165, 1.54) is 12.1 Å². The number of alkyl halides is 1. The van der Waals surface area contributed by atoms with Crippen LogP contribution in [0.1, 0.15) is 18.6 Å². The van der Waals surface area contributed by atoms with Crippen molar-refractivity contribution in [3.05, 3.63) is 48.0 Å². The maximum Gasteiger partial charge on any atom is 0.134 e. The van der Waals surface area contributed by atoms with Gasteiger partial charge in [0, 0.05) is 16.8 Å². The first-order valence-electron chi connectivity index (χ1n) is 5.12. The van der Waals surface area contributed by atoms with Gasteiger partial charge in [-0.15, -0.1) is 0 Å². The Labute approximate surface area is 102 Å².